The summed E-state index contributed by atoms with van der Waals surface area (Å²) in [5.74, 6) is -0.460. The smallest absolute Gasteiger partial charge is 0.271 e. The summed E-state index contributed by atoms with van der Waals surface area (Å²) in [5.41, 5.74) is 0.770. The van der Waals surface area contributed by atoms with Crippen molar-refractivity contribution >= 4 is 40.5 Å². The first-order chi connectivity index (χ1) is 9.99. The van der Waals surface area contributed by atoms with Crippen molar-refractivity contribution in [2.45, 2.75) is 5.38 Å². The molecule has 1 atom stereocenters. The molecule has 0 aliphatic heterocycles. The van der Waals surface area contributed by atoms with Crippen molar-refractivity contribution < 1.29 is 9.72 Å². The SMILES string of the molecule is O=C(Nc1ccc([N+](=O)[O-])cc1Cl)[C@H](Cl)c1ccccc1. The Bertz CT molecular complexity index is 677. The zero-order chi connectivity index (χ0) is 15.4. The predicted molar refractivity (Wildman–Crippen MR) is 81.8 cm³/mol. The molecule has 5 nitrogen and oxygen atoms in total. The summed E-state index contributed by atoms with van der Waals surface area (Å²) in [6.07, 6.45) is 0. The molecule has 0 fully saturated rings. The van der Waals surface area contributed by atoms with Crippen LogP contribution >= 0.6 is 23.2 Å². The average molecular weight is 325 g/mol. The fourth-order valence-corrected chi connectivity index (χ4v) is 2.11. The number of halogens is 2. The second-order valence-corrected chi connectivity index (χ2v) is 5.03. The van der Waals surface area contributed by atoms with Gasteiger partial charge in [0.25, 0.3) is 5.69 Å². The van der Waals surface area contributed by atoms with Crippen molar-refractivity contribution in [2.75, 3.05) is 5.32 Å². The number of nitro groups is 1. The molecule has 0 saturated carbocycles. The van der Waals surface area contributed by atoms with Gasteiger partial charge in [0, 0.05) is 12.1 Å². The molecule has 0 unspecified atom stereocenters. The average Bonchev–Trinajstić information content (AvgIpc) is 2.49. The minimum absolute atomic E-state index is 0.0782. The lowest BCUT2D eigenvalue weighted by Gasteiger charge is -2.11. The largest absolute Gasteiger partial charge is 0.323 e. The van der Waals surface area contributed by atoms with Crippen molar-refractivity contribution in [3.63, 3.8) is 0 Å². The molecule has 0 radical (unpaired) electrons. The molecule has 2 aromatic rings. The van der Waals surface area contributed by atoms with Crippen LogP contribution in [0.2, 0.25) is 5.02 Å². The van der Waals surface area contributed by atoms with E-state index in [0.29, 0.717) is 5.56 Å². The molecule has 21 heavy (non-hydrogen) atoms. The van der Waals surface area contributed by atoms with Crippen LogP contribution in [0.15, 0.2) is 48.5 Å². The molecule has 7 heteroatoms. The molecule has 0 heterocycles. The maximum Gasteiger partial charge on any atom is 0.271 e. The molecule has 0 aromatic heterocycles. The second-order valence-electron chi connectivity index (χ2n) is 4.18. The molecular weight excluding hydrogens is 315 g/mol. The van der Waals surface area contributed by atoms with Crippen LogP contribution in [0.25, 0.3) is 0 Å². The summed E-state index contributed by atoms with van der Waals surface area (Å²) in [6, 6.07) is 12.6. The fraction of sp³-hybridized carbons (Fsp3) is 0.0714. The van der Waals surface area contributed by atoms with Crippen molar-refractivity contribution in [2.24, 2.45) is 0 Å². The van der Waals surface area contributed by atoms with Crippen LogP contribution in [-0.4, -0.2) is 10.8 Å². The van der Waals surface area contributed by atoms with Gasteiger partial charge in [-0.2, -0.15) is 0 Å². The number of non-ortho nitro benzene ring substituents is 1. The molecule has 1 amide bonds. The van der Waals surface area contributed by atoms with Gasteiger partial charge in [-0.05, 0) is 11.6 Å². The van der Waals surface area contributed by atoms with Gasteiger partial charge in [-0.3, -0.25) is 14.9 Å². The number of rotatable bonds is 4. The summed E-state index contributed by atoms with van der Waals surface area (Å²) in [7, 11) is 0. The van der Waals surface area contributed by atoms with Gasteiger partial charge in [0.15, 0.2) is 0 Å². The Morgan fingerprint density at radius 3 is 2.43 bits per heavy atom. The summed E-state index contributed by atoms with van der Waals surface area (Å²) in [5, 5.41) is 12.4. The number of carbonyl (C=O) groups is 1. The lowest BCUT2D eigenvalue weighted by molar-refractivity contribution is -0.384. The highest BCUT2D eigenvalue weighted by Gasteiger charge is 2.19. The van der Waals surface area contributed by atoms with Crippen molar-refractivity contribution in [1.29, 1.82) is 0 Å². The number of alkyl halides is 1. The van der Waals surface area contributed by atoms with Crippen LogP contribution in [0, 0.1) is 10.1 Å². The lowest BCUT2D eigenvalue weighted by Crippen LogP contribution is -2.17. The van der Waals surface area contributed by atoms with Crippen LogP contribution in [0.1, 0.15) is 10.9 Å². The van der Waals surface area contributed by atoms with E-state index >= 15 is 0 Å². The molecule has 0 spiro atoms. The molecular formula is C14H10Cl2N2O3. The maximum absolute atomic E-state index is 12.0. The number of amides is 1. The maximum atomic E-state index is 12.0. The molecule has 2 rings (SSSR count). The first-order valence-electron chi connectivity index (χ1n) is 5.93. The number of carbonyl (C=O) groups excluding carboxylic acids is 1. The highest BCUT2D eigenvalue weighted by molar-refractivity contribution is 6.35. The number of benzene rings is 2. The summed E-state index contributed by atoms with van der Waals surface area (Å²) in [4.78, 5) is 22.1. The van der Waals surface area contributed by atoms with Gasteiger partial charge in [0.2, 0.25) is 5.91 Å². The summed E-state index contributed by atoms with van der Waals surface area (Å²) in [6.45, 7) is 0. The number of nitrogens with zero attached hydrogens (tertiary/aromatic N) is 1. The quantitative estimate of drug-likeness (QED) is 0.521. The zero-order valence-electron chi connectivity index (χ0n) is 10.6. The standard InChI is InChI=1S/C14H10Cl2N2O3/c15-11-8-10(18(20)21)6-7-12(11)17-14(19)13(16)9-4-2-1-3-5-9/h1-8,13H,(H,17,19)/t13-/m1/s1. The normalized spacial score (nSPS) is 11.7. The Balaban J connectivity index is 2.15. The summed E-state index contributed by atoms with van der Waals surface area (Å²) < 4.78 is 0. The van der Waals surface area contributed by atoms with Crippen LogP contribution < -0.4 is 5.32 Å². The van der Waals surface area contributed by atoms with E-state index in [2.05, 4.69) is 5.32 Å². The van der Waals surface area contributed by atoms with Crippen molar-refractivity contribution in [1.82, 2.24) is 0 Å². The van der Waals surface area contributed by atoms with Gasteiger partial charge < -0.3 is 5.32 Å². The van der Waals surface area contributed by atoms with E-state index in [1.165, 1.54) is 18.2 Å². The first kappa shape index (κ1) is 15.3. The molecule has 0 saturated heterocycles. The molecule has 0 aliphatic carbocycles. The fourth-order valence-electron chi connectivity index (χ4n) is 1.69. The first-order valence-corrected chi connectivity index (χ1v) is 6.74. The third-order valence-corrected chi connectivity index (χ3v) is 3.51. The van der Waals surface area contributed by atoms with Gasteiger partial charge in [0.1, 0.15) is 5.38 Å². The number of hydrogen-bond acceptors (Lipinski definition) is 3. The Hall–Kier alpha value is -2.11. The van der Waals surface area contributed by atoms with Gasteiger partial charge in [-0.15, -0.1) is 11.6 Å². The third-order valence-electron chi connectivity index (χ3n) is 2.74. The molecule has 108 valence electrons. The number of anilines is 1. The predicted octanol–water partition coefficient (Wildman–Crippen LogP) is 4.17. The van der Waals surface area contributed by atoms with Gasteiger partial charge >= 0.3 is 0 Å². The Labute approximate surface area is 130 Å². The monoisotopic (exact) mass is 324 g/mol. The number of hydrogen-bond donors (Lipinski definition) is 1. The van der Waals surface area contributed by atoms with Crippen LogP contribution in [0.5, 0.6) is 0 Å². The van der Waals surface area contributed by atoms with Crippen molar-refractivity contribution in [3.05, 3.63) is 69.2 Å². The number of nitrogens with one attached hydrogen (secondary N) is 1. The highest BCUT2D eigenvalue weighted by Crippen LogP contribution is 2.29. The molecule has 2 aromatic carbocycles. The van der Waals surface area contributed by atoms with E-state index in [9.17, 15) is 14.9 Å². The Morgan fingerprint density at radius 1 is 1.19 bits per heavy atom. The van der Waals surface area contributed by atoms with Crippen LogP contribution in [0.3, 0.4) is 0 Å². The Morgan fingerprint density at radius 2 is 1.86 bits per heavy atom. The topological polar surface area (TPSA) is 72.2 Å². The van der Waals surface area contributed by atoms with Gasteiger partial charge in [-0.25, -0.2) is 0 Å². The van der Waals surface area contributed by atoms with E-state index in [1.807, 2.05) is 6.07 Å². The van der Waals surface area contributed by atoms with Crippen LogP contribution in [-0.2, 0) is 4.79 Å². The molecule has 1 N–H and O–H groups in total. The second kappa shape index (κ2) is 6.56. The highest BCUT2D eigenvalue weighted by atomic mass is 35.5. The van der Waals surface area contributed by atoms with E-state index in [-0.39, 0.29) is 16.4 Å². The van der Waals surface area contributed by atoms with E-state index in [0.717, 1.165) is 0 Å². The van der Waals surface area contributed by atoms with Gasteiger partial charge in [-0.1, -0.05) is 41.9 Å². The third kappa shape index (κ3) is 3.71. The van der Waals surface area contributed by atoms with E-state index in [4.69, 9.17) is 23.2 Å². The molecule has 0 bridgehead atoms. The van der Waals surface area contributed by atoms with E-state index < -0.39 is 16.2 Å². The lowest BCUT2D eigenvalue weighted by atomic mass is 10.1. The van der Waals surface area contributed by atoms with E-state index in [1.54, 1.807) is 24.3 Å². The molecule has 0 aliphatic rings. The minimum atomic E-state index is -0.877. The van der Waals surface area contributed by atoms with Gasteiger partial charge in [0.05, 0.1) is 15.6 Å². The van der Waals surface area contributed by atoms with Crippen LogP contribution in [0.4, 0.5) is 11.4 Å². The minimum Gasteiger partial charge on any atom is -0.323 e. The Kier molecular flexibility index (Phi) is 4.77. The zero-order valence-corrected chi connectivity index (χ0v) is 12.1. The van der Waals surface area contributed by atoms with Crippen molar-refractivity contribution in [3.8, 4) is 0 Å². The summed E-state index contributed by atoms with van der Waals surface area (Å²) >= 11 is 12.0. The number of nitro benzene ring substituents is 1.